The number of ketones is 1. The first kappa shape index (κ1) is 13.4. The van der Waals surface area contributed by atoms with Gasteiger partial charge in [-0.2, -0.15) is 0 Å². The molecule has 0 fully saturated rings. The summed E-state index contributed by atoms with van der Waals surface area (Å²) in [7, 11) is 0. The summed E-state index contributed by atoms with van der Waals surface area (Å²) >= 11 is 5.96. The van der Waals surface area contributed by atoms with Gasteiger partial charge in [-0.15, -0.1) is 0 Å². The summed E-state index contributed by atoms with van der Waals surface area (Å²) in [5.41, 5.74) is 7.11. The van der Waals surface area contributed by atoms with Gasteiger partial charge in [0.15, 0.2) is 5.78 Å². The van der Waals surface area contributed by atoms with Crippen molar-refractivity contribution in [2.75, 3.05) is 6.54 Å². The smallest absolute Gasteiger partial charge is 0.194 e. The van der Waals surface area contributed by atoms with Crippen LogP contribution in [0.1, 0.15) is 21.5 Å². The molecule has 0 saturated heterocycles. The van der Waals surface area contributed by atoms with Crippen LogP contribution in [0.3, 0.4) is 0 Å². The van der Waals surface area contributed by atoms with E-state index < -0.39 is 0 Å². The second-order valence-electron chi connectivity index (χ2n) is 3.89. The van der Waals surface area contributed by atoms with Gasteiger partial charge in [0.1, 0.15) is 0 Å². The van der Waals surface area contributed by atoms with E-state index in [9.17, 15) is 4.79 Å². The molecule has 0 aliphatic carbocycles. The summed E-state index contributed by atoms with van der Waals surface area (Å²) in [6.07, 6.45) is 0. The van der Waals surface area contributed by atoms with Crippen molar-refractivity contribution in [3.05, 3.63) is 70.2 Å². The molecule has 2 aromatic rings. The Morgan fingerprint density at radius 2 is 1.89 bits per heavy atom. The topological polar surface area (TPSA) is 43.1 Å². The Morgan fingerprint density at radius 3 is 2.58 bits per heavy atom. The van der Waals surface area contributed by atoms with E-state index in [0.717, 1.165) is 0 Å². The monoisotopic (exact) mass is 269 g/mol. The Morgan fingerprint density at radius 1 is 1.16 bits per heavy atom. The fraction of sp³-hybridized carbons (Fsp3) is 0.0625. The van der Waals surface area contributed by atoms with Crippen LogP contribution in [-0.4, -0.2) is 12.3 Å². The lowest BCUT2D eigenvalue weighted by Crippen LogP contribution is -2.04. The van der Waals surface area contributed by atoms with Gasteiger partial charge >= 0.3 is 0 Å². The normalized spacial score (nSPS) is 9.58. The summed E-state index contributed by atoms with van der Waals surface area (Å²) in [5.74, 6) is 5.56. The molecular weight excluding hydrogens is 258 g/mol. The third-order valence-corrected chi connectivity index (χ3v) is 2.82. The summed E-state index contributed by atoms with van der Waals surface area (Å²) < 4.78 is 0. The molecule has 19 heavy (non-hydrogen) atoms. The SMILES string of the molecule is NCC#Cc1ccc(Cl)cc1C(=O)c1ccccc1. The van der Waals surface area contributed by atoms with E-state index >= 15 is 0 Å². The van der Waals surface area contributed by atoms with E-state index in [1.54, 1.807) is 30.3 Å². The zero-order valence-electron chi connectivity index (χ0n) is 10.2. The zero-order chi connectivity index (χ0) is 13.7. The number of nitrogens with two attached hydrogens (primary N) is 1. The molecule has 0 aromatic heterocycles. The largest absolute Gasteiger partial charge is 0.320 e. The average molecular weight is 270 g/mol. The molecule has 2 aromatic carbocycles. The van der Waals surface area contributed by atoms with E-state index in [4.69, 9.17) is 17.3 Å². The first-order valence-electron chi connectivity index (χ1n) is 5.80. The van der Waals surface area contributed by atoms with Crippen LogP contribution in [0.15, 0.2) is 48.5 Å². The Bertz CT molecular complexity index is 653. The van der Waals surface area contributed by atoms with Gasteiger partial charge in [0.2, 0.25) is 0 Å². The van der Waals surface area contributed by atoms with Crippen molar-refractivity contribution < 1.29 is 4.79 Å². The molecule has 0 aliphatic heterocycles. The Balaban J connectivity index is 2.49. The van der Waals surface area contributed by atoms with Crippen LogP contribution in [0, 0.1) is 11.8 Å². The van der Waals surface area contributed by atoms with Gasteiger partial charge in [0, 0.05) is 21.7 Å². The highest BCUT2D eigenvalue weighted by atomic mass is 35.5. The number of benzene rings is 2. The molecular formula is C16H12ClNO. The number of rotatable bonds is 2. The molecule has 2 rings (SSSR count). The highest BCUT2D eigenvalue weighted by Gasteiger charge is 2.12. The van der Waals surface area contributed by atoms with E-state index in [2.05, 4.69) is 11.8 Å². The van der Waals surface area contributed by atoms with Crippen LogP contribution in [0.25, 0.3) is 0 Å². The maximum Gasteiger partial charge on any atom is 0.194 e. The first-order chi connectivity index (χ1) is 9.22. The molecule has 0 aliphatic rings. The second kappa shape index (κ2) is 6.19. The van der Waals surface area contributed by atoms with Crippen molar-refractivity contribution in [1.82, 2.24) is 0 Å². The van der Waals surface area contributed by atoms with Crippen molar-refractivity contribution in [2.45, 2.75) is 0 Å². The molecule has 0 bridgehead atoms. The molecule has 0 spiro atoms. The predicted molar refractivity (Wildman–Crippen MR) is 77.3 cm³/mol. The molecule has 0 saturated carbocycles. The van der Waals surface area contributed by atoms with Crippen LogP contribution in [0.4, 0.5) is 0 Å². The van der Waals surface area contributed by atoms with Gasteiger partial charge in [0.05, 0.1) is 6.54 Å². The van der Waals surface area contributed by atoms with E-state index in [1.807, 2.05) is 18.2 Å². The quantitative estimate of drug-likeness (QED) is 0.673. The standard InChI is InChI=1S/C16H12ClNO/c17-14-9-8-12(7-4-10-18)15(11-14)16(19)13-5-2-1-3-6-13/h1-3,5-6,8-9,11H,10,18H2. The maximum atomic E-state index is 12.4. The molecule has 0 radical (unpaired) electrons. The van der Waals surface area contributed by atoms with Crippen molar-refractivity contribution in [1.29, 1.82) is 0 Å². The lowest BCUT2D eigenvalue weighted by molar-refractivity contribution is 0.103. The number of carbonyl (C=O) groups is 1. The van der Waals surface area contributed by atoms with Crippen molar-refractivity contribution in [3.8, 4) is 11.8 Å². The first-order valence-corrected chi connectivity index (χ1v) is 6.18. The van der Waals surface area contributed by atoms with Gasteiger partial charge in [-0.25, -0.2) is 0 Å². The minimum Gasteiger partial charge on any atom is -0.320 e. The van der Waals surface area contributed by atoms with Crippen LogP contribution in [0.5, 0.6) is 0 Å². The molecule has 0 unspecified atom stereocenters. The summed E-state index contributed by atoms with van der Waals surface area (Å²) in [6, 6.07) is 14.1. The van der Waals surface area contributed by atoms with Gasteiger partial charge in [-0.3, -0.25) is 4.79 Å². The molecule has 94 valence electrons. The van der Waals surface area contributed by atoms with Gasteiger partial charge in [-0.1, -0.05) is 53.8 Å². The van der Waals surface area contributed by atoms with Crippen LogP contribution in [0.2, 0.25) is 5.02 Å². The number of hydrogen-bond donors (Lipinski definition) is 1. The minimum atomic E-state index is -0.0931. The molecule has 0 heterocycles. The van der Waals surface area contributed by atoms with E-state index in [0.29, 0.717) is 21.7 Å². The second-order valence-corrected chi connectivity index (χ2v) is 4.33. The number of hydrogen-bond acceptors (Lipinski definition) is 2. The maximum absolute atomic E-state index is 12.4. The minimum absolute atomic E-state index is 0.0931. The summed E-state index contributed by atoms with van der Waals surface area (Å²) in [4.78, 5) is 12.4. The highest BCUT2D eigenvalue weighted by molar-refractivity contribution is 6.31. The Labute approximate surface area is 117 Å². The van der Waals surface area contributed by atoms with Gasteiger partial charge < -0.3 is 5.73 Å². The molecule has 3 heteroatoms. The lowest BCUT2D eigenvalue weighted by Gasteiger charge is -2.05. The van der Waals surface area contributed by atoms with Crippen LogP contribution >= 0.6 is 11.6 Å². The molecule has 2 N–H and O–H groups in total. The fourth-order valence-corrected chi connectivity index (χ4v) is 1.88. The van der Waals surface area contributed by atoms with Crippen molar-refractivity contribution in [3.63, 3.8) is 0 Å². The number of carbonyl (C=O) groups excluding carboxylic acids is 1. The third kappa shape index (κ3) is 3.23. The van der Waals surface area contributed by atoms with Crippen molar-refractivity contribution in [2.24, 2.45) is 5.73 Å². The Kier molecular flexibility index (Phi) is 4.35. The van der Waals surface area contributed by atoms with E-state index in [-0.39, 0.29) is 12.3 Å². The lowest BCUT2D eigenvalue weighted by atomic mass is 9.98. The third-order valence-electron chi connectivity index (χ3n) is 2.59. The van der Waals surface area contributed by atoms with Gasteiger partial charge in [-0.05, 0) is 18.2 Å². The van der Waals surface area contributed by atoms with Crippen LogP contribution < -0.4 is 5.73 Å². The number of halogens is 1. The van der Waals surface area contributed by atoms with Gasteiger partial charge in [0.25, 0.3) is 0 Å². The average Bonchev–Trinajstić information content (AvgIpc) is 2.46. The Hall–Kier alpha value is -2.08. The summed E-state index contributed by atoms with van der Waals surface area (Å²) in [5, 5.41) is 0.512. The molecule has 0 atom stereocenters. The zero-order valence-corrected chi connectivity index (χ0v) is 10.9. The highest BCUT2D eigenvalue weighted by Crippen LogP contribution is 2.19. The van der Waals surface area contributed by atoms with Crippen molar-refractivity contribution >= 4 is 17.4 Å². The summed E-state index contributed by atoms with van der Waals surface area (Å²) in [6.45, 7) is 0.252. The van der Waals surface area contributed by atoms with Crippen LogP contribution in [-0.2, 0) is 0 Å². The molecule has 0 amide bonds. The fourth-order valence-electron chi connectivity index (χ4n) is 1.70. The molecule has 2 nitrogen and oxygen atoms in total. The van der Waals surface area contributed by atoms with E-state index in [1.165, 1.54) is 0 Å². The predicted octanol–water partition coefficient (Wildman–Crippen LogP) is 2.88.